The summed E-state index contributed by atoms with van der Waals surface area (Å²) in [5.41, 5.74) is 2.08. The summed E-state index contributed by atoms with van der Waals surface area (Å²) in [6.07, 6.45) is 9.26. The average molecular weight is 535 g/mol. The maximum atomic E-state index is 13.7. The van der Waals surface area contributed by atoms with Crippen molar-refractivity contribution >= 4 is 5.95 Å². The summed E-state index contributed by atoms with van der Waals surface area (Å²) < 4.78 is 36.6. The van der Waals surface area contributed by atoms with Crippen LogP contribution in [0.4, 0.5) is 14.7 Å². The van der Waals surface area contributed by atoms with Gasteiger partial charge in [-0.2, -0.15) is 10.2 Å². The van der Waals surface area contributed by atoms with Crippen LogP contribution < -0.4 is 15.8 Å². The molecule has 0 spiro atoms. The zero-order valence-corrected chi connectivity index (χ0v) is 21.2. The monoisotopic (exact) mass is 534 g/mol. The number of ether oxygens (including phenoxy) is 1. The Morgan fingerprint density at radius 3 is 2.51 bits per heavy atom. The normalized spacial score (nSPS) is 18.4. The van der Waals surface area contributed by atoms with E-state index in [1.807, 2.05) is 15.8 Å². The number of hydrogen-bond acceptors (Lipinski definition) is 8. The molecule has 1 N–H and O–H groups in total. The highest BCUT2D eigenvalue weighted by molar-refractivity contribution is 5.60. The number of aromatic nitrogens is 6. The van der Waals surface area contributed by atoms with E-state index in [1.165, 1.54) is 28.9 Å². The van der Waals surface area contributed by atoms with Crippen LogP contribution in [0.1, 0.15) is 18.9 Å². The number of morpholine rings is 1. The molecular formula is C27H28F2N8O2. The van der Waals surface area contributed by atoms with Crippen molar-refractivity contribution < 1.29 is 13.5 Å². The maximum Gasteiger partial charge on any atom is 0.266 e. The molecule has 0 radical (unpaired) electrons. The Hall–Kier alpha value is -4.03. The second kappa shape index (κ2) is 11.0. The second-order valence-electron chi connectivity index (χ2n) is 9.80. The predicted molar refractivity (Wildman–Crippen MR) is 140 cm³/mol. The van der Waals surface area contributed by atoms with Gasteiger partial charge in [-0.05, 0) is 44.1 Å². The summed E-state index contributed by atoms with van der Waals surface area (Å²) in [5, 5.41) is 12.3. The van der Waals surface area contributed by atoms with Gasteiger partial charge < -0.3 is 15.0 Å². The highest BCUT2D eigenvalue weighted by Crippen LogP contribution is 2.24. The SMILES string of the molecule is O=c1ccc(-c2cc(F)cc(F)c2)nn1C[C@@H]1CN(c2ncc(-c3cnn(C4CCNCC4)c3)cn2)CCO1. The van der Waals surface area contributed by atoms with Crippen molar-refractivity contribution in [2.45, 2.75) is 31.5 Å². The lowest BCUT2D eigenvalue weighted by atomic mass is 10.1. The molecule has 2 aliphatic heterocycles. The van der Waals surface area contributed by atoms with Crippen molar-refractivity contribution in [2.24, 2.45) is 0 Å². The molecule has 12 heteroatoms. The highest BCUT2D eigenvalue weighted by atomic mass is 19.1. The number of anilines is 1. The summed E-state index contributed by atoms with van der Waals surface area (Å²) in [6.45, 7) is 3.67. The van der Waals surface area contributed by atoms with Crippen molar-refractivity contribution in [3.05, 3.63) is 77.1 Å². The molecule has 1 aromatic carbocycles. The average Bonchev–Trinajstić information content (AvgIpc) is 3.45. The Kier molecular flexibility index (Phi) is 7.12. The van der Waals surface area contributed by atoms with Gasteiger partial charge in [0.2, 0.25) is 5.95 Å². The van der Waals surface area contributed by atoms with Crippen LogP contribution in [-0.4, -0.2) is 68.4 Å². The Morgan fingerprint density at radius 2 is 1.74 bits per heavy atom. The zero-order valence-electron chi connectivity index (χ0n) is 21.2. The van der Waals surface area contributed by atoms with Gasteiger partial charge in [0, 0.05) is 60.5 Å². The first-order valence-corrected chi connectivity index (χ1v) is 13.0. The lowest BCUT2D eigenvalue weighted by Crippen LogP contribution is -2.46. The quantitative estimate of drug-likeness (QED) is 0.403. The van der Waals surface area contributed by atoms with E-state index in [1.54, 1.807) is 12.4 Å². The van der Waals surface area contributed by atoms with Gasteiger partial charge in [0.25, 0.3) is 5.56 Å². The number of benzene rings is 1. The Bertz CT molecular complexity index is 1480. The molecule has 1 atom stereocenters. The maximum absolute atomic E-state index is 13.7. The molecule has 202 valence electrons. The first-order chi connectivity index (χ1) is 19.0. The number of halogens is 2. The van der Waals surface area contributed by atoms with Gasteiger partial charge in [-0.15, -0.1) is 0 Å². The van der Waals surface area contributed by atoms with Gasteiger partial charge in [0.05, 0.1) is 37.2 Å². The largest absolute Gasteiger partial charge is 0.373 e. The zero-order chi connectivity index (χ0) is 26.8. The molecule has 2 fully saturated rings. The third-order valence-corrected chi connectivity index (χ3v) is 7.08. The van der Waals surface area contributed by atoms with Crippen LogP contribution in [0.5, 0.6) is 0 Å². The van der Waals surface area contributed by atoms with Crippen molar-refractivity contribution in [2.75, 3.05) is 37.7 Å². The fourth-order valence-electron chi connectivity index (χ4n) is 5.03. The van der Waals surface area contributed by atoms with Crippen molar-refractivity contribution in [1.82, 2.24) is 34.8 Å². The van der Waals surface area contributed by atoms with E-state index < -0.39 is 11.6 Å². The standard InChI is InChI=1S/C27H28F2N8O2/c28-21-9-18(10-22(29)11-21)25-1-2-26(38)37(34-25)17-24-16-35(7-8-39-24)27-31-12-19(13-32-27)20-14-33-36(15-20)23-3-5-30-6-4-23/h1-2,9-15,23-24,30H,3-8,16-17H2/t24-/m0/s1. The molecule has 0 unspecified atom stereocenters. The predicted octanol–water partition coefficient (Wildman–Crippen LogP) is 2.67. The third kappa shape index (κ3) is 5.71. The molecule has 0 bridgehead atoms. The van der Waals surface area contributed by atoms with Gasteiger partial charge in [0.1, 0.15) is 11.6 Å². The molecule has 5 heterocycles. The minimum absolute atomic E-state index is 0.176. The van der Waals surface area contributed by atoms with Crippen molar-refractivity contribution in [3.8, 4) is 22.4 Å². The van der Waals surface area contributed by atoms with E-state index in [0.29, 0.717) is 37.4 Å². The van der Waals surface area contributed by atoms with E-state index in [-0.39, 0.29) is 23.8 Å². The Labute approximate surface area is 223 Å². The fourth-order valence-corrected chi connectivity index (χ4v) is 5.03. The number of piperidine rings is 1. The molecule has 3 aromatic heterocycles. The minimum Gasteiger partial charge on any atom is -0.373 e. The Morgan fingerprint density at radius 1 is 0.974 bits per heavy atom. The molecule has 0 amide bonds. The summed E-state index contributed by atoms with van der Waals surface area (Å²) in [4.78, 5) is 23.7. The second-order valence-corrected chi connectivity index (χ2v) is 9.80. The van der Waals surface area contributed by atoms with Crippen molar-refractivity contribution in [3.63, 3.8) is 0 Å². The first kappa shape index (κ1) is 25.3. The van der Waals surface area contributed by atoms with Gasteiger partial charge in [-0.1, -0.05) is 0 Å². The van der Waals surface area contributed by atoms with Gasteiger partial charge in [0.15, 0.2) is 0 Å². The number of rotatable bonds is 6. The topological polar surface area (TPSA) is 103 Å². The molecule has 0 aliphatic carbocycles. The minimum atomic E-state index is -0.711. The molecule has 6 rings (SSSR count). The van der Waals surface area contributed by atoms with Crippen LogP contribution in [0.3, 0.4) is 0 Å². The number of nitrogens with one attached hydrogen (secondary N) is 1. The number of nitrogens with zero attached hydrogens (tertiary/aromatic N) is 7. The van der Waals surface area contributed by atoms with Crippen LogP contribution in [0.25, 0.3) is 22.4 Å². The lowest BCUT2D eigenvalue weighted by molar-refractivity contribution is 0.0260. The van der Waals surface area contributed by atoms with E-state index in [4.69, 9.17) is 4.74 Å². The van der Waals surface area contributed by atoms with Crippen LogP contribution in [-0.2, 0) is 11.3 Å². The molecule has 4 aromatic rings. The molecular weight excluding hydrogens is 506 g/mol. The molecule has 2 saturated heterocycles. The highest BCUT2D eigenvalue weighted by Gasteiger charge is 2.24. The molecule has 0 saturated carbocycles. The number of hydrogen-bond donors (Lipinski definition) is 1. The van der Waals surface area contributed by atoms with E-state index >= 15 is 0 Å². The van der Waals surface area contributed by atoms with Crippen LogP contribution in [0, 0.1) is 11.6 Å². The van der Waals surface area contributed by atoms with Gasteiger partial charge >= 0.3 is 0 Å². The van der Waals surface area contributed by atoms with Crippen LogP contribution in [0.15, 0.2) is 59.9 Å². The summed E-state index contributed by atoms with van der Waals surface area (Å²) >= 11 is 0. The van der Waals surface area contributed by atoms with Crippen LogP contribution >= 0.6 is 0 Å². The van der Waals surface area contributed by atoms with Gasteiger partial charge in [-0.25, -0.2) is 23.4 Å². The molecule has 2 aliphatic rings. The molecule has 10 nitrogen and oxygen atoms in total. The fraction of sp³-hybridized carbons (Fsp3) is 0.370. The summed E-state index contributed by atoms with van der Waals surface area (Å²) in [6, 6.07) is 6.34. The van der Waals surface area contributed by atoms with Crippen molar-refractivity contribution in [1.29, 1.82) is 0 Å². The first-order valence-electron chi connectivity index (χ1n) is 13.0. The molecule has 39 heavy (non-hydrogen) atoms. The van der Waals surface area contributed by atoms with Crippen LogP contribution in [0.2, 0.25) is 0 Å². The summed E-state index contributed by atoms with van der Waals surface area (Å²) in [5.74, 6) is -0.850. The Balaban J connectivity index is 1.13. The van der Waals surface area contributed by atoms with E-state index in [0.717, 1.165) is 43.1 Å². The summed E-state index contributed by atoms with van der Waals surface area (Å²) in [7, 11) is 0. The van der Waals surface area contributed by atoms with E-state index in [2.05, 4.69) is 31.7 Å². The smallest absolute Gasteiger partial charge is 0.266 e. The lowest BCUT2D eigenvalue weighted by Gasteiger charge is -2.33. The van der Waals surface area contributed by atoms with E-state index in [9.17, 15) is 13.6 Å². The van der Waals surface area contributed by atoms with Gasteiger partial charge in [-0.3, -0.25) is 9.48 Å². The third-order valence-electron chi connectivity index (χ3n) is 7.08.